The van der Waals surface area contributed by atoms with Gasteiger partial charge in [-0.2, -0.15) is 0 Å². The molecule has 6 heteroatoms. The first-order valence-electron chi connectivity index (χ1n) is 6.26. The molecule has 2 aromatic rings. The second-order valence-electron chi connectivity index (χ2n) is 4.35. The van der Waals surface area contributed by atoms with Gasteiger partial charge in [0.1, 0.15) is 5.75 Å². The van der Waals surface area contributed by atoms with Crippen LogP contribution in [0.5, 0.6) is 5.75 Å². The molecule has 21 heavy (non-hydrogen) atoms. The van der Waals surface area contributed by atoms with Gasteiger partial charge in [0, 0.05) is 18.0 Å². The van der Waals surface area contributed by atoms with E-state index in [1.807, 2.05) is 6.26 Å². The molecule has 0 aliphatic rings. The van der Waals surface area contributed by atoms with E-state index in [2.05, 4.69) is 0 Å². The Balaban J connectivity index is 2.37. The highest BCUT2D eigenvalue weighted by atomic mass is 32.2. The first-order valence-corrected chi connectivity index (χ1v) is 8.92. The fraction of sp³-hybridized carbons (Fsp3) is 0.200. The molecular formula is C15H17NO3S2. The summed E-state index contributed by atoms with van der Waals surface area (Å²) >= 11 is 1.57. The summed E-state index contributed by atoms with van der Waals surface area (Å²) in [6, 6.07) is 13.8. The van der Waals surface area contributed by atoms with Crippen LogP contribution in [0.2, 0.25) is 0 Å². The third-order valence-corrected chi connectivity index (χ3v) is 5.68. The maximum absolute atomic E-state index is 12.6. The molecular weight excluding hydrogens is 306 g/mol. The lowest BCUT2D eigenvalue weighted by atomic mass is 10.3. The first-order chi connectivity index (χ1) is 9.98. The maximum atomic E-state index is 12.6. The average Bonchev–Trinajstić information content (AvgIpc) is 2.54. The highest BCUT2D eigenvalue weighted by Crippen LogP contribution is 2.26. The molecule has 0 amide bonds. The zero-order valence-electron chi connectivity index (χ0n) is 12.1. The smallest absolute Gasteiger partial charge is 0.264 e. The number of anilines is 1. The fourth-order valence-electron chi connectivity index (χ4n) is 1.85. The normalized spacial score (nSPS) is 11.2. The maximum Gasteiger partial charge on any atom is 0.264 e. The Morgan fingerprint density at radius 1 is 1.10 bits per heavy atom. The largest absolute Gasteiger partial charge is 0.497 e. The topological polar surface area (TPSA) is 46.6 Å². The van der Waals surface area contributed by atoms with Crippen LogP contribution in [0.15, 0.2) is 58.3 Å². The van der Waals surface area contributed by atoms with E-state index < -0.39 is 10.0 Å². The van der Waals surface area contributed by atoms with Gasteiger partial charge in [0.15, 0.2) is 0 Å². The number of nitrogens with zero attached hydrogens (tertiary/aromatic N) is 1. The van der Waals surface area contributed by atoms with Gasteiger partial charge in [0.2, 0.25) is 0 Å². The van der Waals surface area contributed by atoms with Crippen LogP contribution in [0, 0.1) is 0 Å². The van der Waals surface area contributed by atoms with Crippen molar-refractivity contribution in [2.24, 2.45) is 0 Å². The summed E-state index contributed by atoms with van der Waals surface area (Å²) in [7, 11) is -0.489. The Bertz CT molecular complexity index is 712. The summed E-state index contributed by atoms with van der Waals surface area (Å²) in [6.45, 7) is 0. The number of rotatable bonds is 5. The van der Waals surface area contributed by atoms with E-state index in [1.165, 1.54) is 11.4 Å². The predicted octanol–water partition coefficient (Wildman–Crippen LogP) is 3.24. The molecule has 0 bridgehead atoms. The quantitative estimate of drug-likeness (QED) is 0.793. The van der Waals surface area contributed by atoms with Crippen LogP contribution in [0.25, 0.3) is 0 Å². The Labute approximate surface area is 129 Å². The van der Waals surface area contributed by atoms with E-state index in [4.69, 9.17) is 4.74 Å². The molecule has 0 aromatic heterocycles. The monoisotopic (exact) mass is 323 g/mol. The molecule has 4 nitrogen and oxygen atoms in total. The van der Waals surface area contributed by atoms with Crippen molar-refractivity contribution >= 4 is 27.5 Å². The molecule has 0 unspecified atom stereocenters. The number of sulfonamides is 1. The molecule has 0 aliphatic heterocycles. The van der Waals surface area contributed by atoms with Gasteiger partial charge in [0.05, 0.1) is 17.7 Å². The minimum Gasteiger partial charge on any atom is -0.497 e. The van der Waals surface area contributed by atoms with E-state index in [9.17, 15) is 8.42 Å². The Morgan fingerprint density at radius 3 is 2.33 bits per heavy atom. The third-order valence-electron chi connectivity index (χ3n) is 3.13. The number of hydrogen-bond acceptors (Lipinski definition) is 4. The summed E-state index contributed by atoms with van der Waals surface area (Å²) in [5, 5.41) is 0. The van der Waals surface area contributed by atoms with Crippen LogP contribution in [-0.2, 0) is 10.0 Å². The van der Waals surface area contributed by atoms with Gasteiger partial charge in [-0.15, -0.1) is 11.8 Å². The van der Waals surface area contributed by atoms with Gasteiger partial charge in [-0.1, -0.05) is 6.07 Å². The summed E-state index contributed by atoms with van der Waals surface area (Å²) in [5.74, 6) is 0.618. The molecule has 0 saturated carbocycles. The van der Waals surface area contributed by atoms with Crippen LogP contribution in [0.4, 0.5) is 5.69 Å². The molecule has 0 spiro atoms. The molecule has 0 atom stereocenters. The van der Waals surface area contributed by atoms with Gasteiger partial charge in [-0.05, 0) is 42.7 Å². The summed E-state index contributed by atoms with van der Waals surface area (Å²) in [6.07, 6.45) is 1.95. The van der Waals surface area contributed by atoms with Crippen LogP contribution in [0.1, 0.15) is 0 Å². The van der Waals surface area contributed by atoms with E-state index in [1.54, 1.807) is 67.4 Å². The third kappa shape index (κ3) is 3.33. The SMILES string of the molecule is COc1cccc(N(C)S(=O)(=O)c2ccc(SC)cc2)c1. The Kier molecular flexibility index (Phi) is 4.80. The van der Waals surface area contributed by atoms with Crippen molar-refractivity contribution in [3.8, 4) is 5.75 Å². The Hall–Kier alpha value is -1.66. The van der Waals surface area contributed by atoms with Crippen molar-refractivity contribution in [2.75, 3.05) is 24.7 Å². The van der Waals surface area contributed by atoms with Crippen molar-refractivity contribution in [3.63, 3.8) is 0 Å². The van der Waals surface area contributed by atoms with Crippen LogP contribution in [-0.4, -0.2) is 28.8 Å². The second-order valence-corrected chi connectivity index (χ2v) is 7.20. The van der Waals surface area contributed by atoms with Crippen molar-refractivity contribution in [1.82, 2.24) is 0 Å². The molecule has 2 aromatic carbocycles. The lowest BCUT2D eigenvalue weighted by Gasteiger charge is -2.20. The summed E-state index contributed by atoms with van der Waals surface area (Å²) in [5.41, 5.74) is 0.559. The van der Waals surface area contributed by atoms with Gasteiger partial charge in [-0.3, -0.25) is 4.31 Å². The lowest BCUT2D eigenvalue weighted by Crippen LogP contribution is -2.26. The second kappa shape index (κ2) is 6.41. The lowest BCUT2D eigenvalue weighted by molar-refractivity contribution is 0.415. The van der Waals surface area contributed by atoms with Gasteiger partial charge in [-0.25, -0.2) is 8.42 Å². The van der Waals surface area contributed by atoms with Crippen molar-refractivity contribution < 1.29 is 13.2 Å². The molecule has 0 heterocycles. The Morgan fingerprint density at radius 2 is 1.76 bits per heavy atom. The minimum atomic E-state index is -3.57. The number of benzene rings is 2. The van der Waals surface area contributed by atoms with Gasteiger partial charge in [0.25, 0.3) is 10.0 Å². The van der Waals surface area contributed by atoms with Crippen molar-refractivity contribution in [2.45, 2.75) is 9.79 Å². The van der Waals surface area contributed by atoms with Gasteiger partial charge >= 0.3 is 0 Å². The molecule has 112 valence electrons. The molecule has 2 rings (SSSR count). The molecule has 0 fully saturated rings. The van der Waals surface area contributed by atoms with Gasteiger partial charge < -0.3 is 4.74 Å². The molecule has 0 radical (unpaired) electrons. The van der Waals surface area contributed by atoms with E-state index in [-0.39, 0.29) is 4.90 Å². The zero-order chi connectivity index (χ0) is 15.5. The van der Waals surface area contributed by atoms with E-state index in [0.717, 1.165) is 4.90 Å². The van der Waals surface area contributed by atoms with E-state index in [0.29, 0.717) is 11.4 Å². The molecule has 0 N–H and O–H groups in total. The molecule has 0 saturated heterocycles. The standard InChI is InChI=1S/C15H17NO3S2/c1-16(12-5-4-6-13(11-12)19-2)21(17,18)15-9-7-14(20-3)8-10-15/h4-11H,1-3H3. The minimum absolute atomic E-state index is 0.269. The zero-order valence-corrected chi connectivity index (χ0v) is 13.7. The first kappa shape index (κ1) is 15.7. The number of methoxy groups -OCH3 is 1. The average molecular weight is 323 g/mol. The summed E-state index contributed by atoms with van der Waals surface area (Å²) in [4.78, 5) is 1.30. The highest BCUT2D eigenvalue weighted by molar-refractivity contribution is 7.98. The number of ether oxygens (including phenoxy) is 1. The molecule has 0 aliphatic carbocycles. The van der Waals surface area contributed by atoms with Crippen molar-refractivity contribution in [1.29, 1.82) is 0 Å². The highest BCUT2D eigenvalue weighted by Gasteiger charge is 2.21. The predicted molar refractivity (Wildman–Crippen MR) is 86.8 cm³/mol. The summed E-state index contributed by atoms with van der Waals surface area (Å²) < 4.78 is 31.6. The van der Waals surface area contributed by atoms with Crippen molar-refractivity contribution in [3.05, 3.63) is 48.5 Å². The number of thioether (sulfide) groups is 1. The van der Waals surface area contributed by atoms with Crippen LogP contribution in [0.3, 0.4) is 0 Å². The van der Waals surface area contributed by atoms with Crippen LogP contribution < -0.4 is 9.04 Å². The fourth-order valence-corrected chi connectivity index (χ4v) is 3.45. The van der Waals surface area contributed by atoms with Crippen LogP contribution >= 0.6 is 11.8 Å². The van der Waals surface area contributed by atoms with E-state index >= 15 is 0 Å². The number of hydrogen-bond donors (Lipinski definition) is 0.